The van der Waals surface area contributed by atoms with E-state index in [1.54, 1.807) is 18.2 Å². The van der Waals surface area contributed by atoms with E-state index in [1.807, 2.05) is 6.92 Å². The SMILES string of the molecule is CC(N)CCNC(=O)c1cc(-c2ccco2)on1.Cl. The summed E-state index contributed by atoms with van der Waals surface area (Å²) in [7, 11) is 0. The third-order valence-corrected chi connectivity index (χ3v) is 2.39. The fourth-order valence-corrected chi connectivity index (χ4v) is 1.42. The molecule has 1 atom stereocenters. The monoisotopic (exact) mass is 285 g/mol. The predicted molar refractivity (Wildman–Crippen MR) is 72.1 cm³/mol. The maximum atomic E-state index is 11.7. The molecule has 6 nitrogen and oxygen atoms in total. The van der Waals surface area contributed by atoms with Gasteiger partial charge in [0.25, 0.3) is 5.91 Å². The van der Waals surface area contributed by atoms with Crippen molar-refractivity contribution in [3.05, 3.63) is 30.2 Å². The first kappa shape index (κ1) is 15.3. The number of nitrogens with zero attached hydrogens (tertiary/aromatic N) is 1. The van der Waals surface area contributed by atoms with Crippen LogP contribution < -0.4 is 11.1 Å². The quantitative estimate of drug-likeness (QED) is 0.874. The van der Waals surface area contributed by atoms with Crippen molar-refractivity contribution in [2.24, 2.45) is 5.73 Å². The van der Waals surface area contributed by atoms with Gasteiger partial charge in [0.15, 0.2) is 11.5 Å². The Balaban J connectivity index is 0.00000180. The summed E-state index contributed by atoms with van der Waals surface area (Å²) in [4.78, 5) is 11.7. The molecule has 0 saturated heterocycles. The number of carbonyl (C=O) groups excluding carboxylic acids is 1. The second-order valence-electron chi connectivity index (χ2n) is 4.08. The summed E-state index contributed by atoms with van der Waals surface area (Å²) in [6.07, 6.45) is 2.24. The molecule has 1 unspecified atom stereocenters. The topological polar surface area (TPSA) is 94.3 Å². The van der Waals surface area contributed by atoms with Gasteiger partial charge in [0.05, 0.1) is 6.26 Å². The zero-order chi connectivity index (χ0) is 13.0. The van der Waals surface area contributed by atoms with Crippen LogP contribution >= 0.6 is 12.4 Å². The number of aromatic nitrogens is 1. The molecule has 0 saturated carbocycles. The van der Waals surface area contributed by atoms with Crippen LogP contribution in [0.2, 0.25) is 0 Å². The molecule has 104 valence electrons. The molecule has 3 N–H and O–H groups in total. The minimum absolute atomic E-state index is 0. The van der Waals surface area contributed by atoms with E-state index in [9.17, 15) is 4.79 Å². The largest absolute Gasteiger partial charge is 0.461 e. The molecule has 0 fully saturated rings. The highest BCUT2D eigenvalue weighted by atomic mass is 35.5. The number of rotatable bonds is 5. The zero-order valence-electron chi connectivity index (χ0n) is 10.5. The van der Waals surface area contributed by atoms with Gasteiger partial charge in [-0.05, 0) is 25.5 Å². The summed E-state index contributed by atoms with van der Waals surface area (Å²) in [5.74, 6) is 0.687. The molecule has 2 rings (SSSR count). The normalized spacial score (nSPS) is 11.7. The number of nitrogens with one attached hydrogen (secondary N) is 1. The Morgan fingerprint density at radius 3 is 2.95 bits per heavy atom. The van der Waals surface area contributed by atoms with Crippen LogP contribution in [-0.2, 0) is 0 Å². The second kappa shape index (κ2) is 6.96. The molecule has 7 heteroatoms. The van der Waals surface area contributed by atoms with Crippen molar-refractivity contribution in [2.45, 2.75) is 19.4 Å². The molecule has 1 amide bonds. The summed E-state index contributed by atoms with van der Waals surface area (Å²) in [6, 6.07) is 5.07. The van der Waals surface area contributed by atoms with E-state index in [2.05, 4.69) is 10.5 Å². The zero-order valence-corrected chi connectivity index (χ0v) is 11.3. The molecule has 0 aliphatic carbocycles. The Labute approximate surface area is 116 Å². The third-order valence-electron chi connectivity index (χ3n) is 2.39. The first-order valence-electron chi connectivity index (χ1n) is 5.71. The van der Waals surface area contributed by atoms with Crippen LogP contribution in [0.3, 0.4) is 0 Å². The fourth-order valence-electron chi connectivity index (χ4n) is 1.42. The molecule has 0 aliphatic rings. The first-order chi connectivity index (χ1) is 8.66. The average Bonchev–Trinajstić information content (AvgIpc) is 2.99. The van der Waals surface area contributed by atoms with Gasteiger partial charge in [-0.15, -0.1) is 12.4 Å². The fraction of sp³-hybridized carbons (Fsp3) is 0.333. The molecular formula is C12H16ClN3O3. The number of nitrogens with two attached hydrogens (primary N) is 1. The van der Waals surface area contributed by atoms with Crippen molar-refractivity contribution in [1.82, 2.24) is 10.5 Å². The Morgan fingerprint density at radius 1 is 1.53 bits per heavy atom. The molecule has 0 bridgehead atoms. The van der Waals surface area contributed by atoms with Crippen LogP contribution in [0.25, 0.3) is 11.5 Å². The molecule has 0 aliphatic heterocycles. The van der Waals surface area contributed by atoms with E-state index >= 15 is 0 Å². The van der Waals surface area contributed by atoms with Crippen molar-refractivity contribution >= 4 is 18.3 Å². The van der Waals surface area contributed by atoms with Gasteiger partial charge < -0.3 is 20.0 Å². The molecule has 19 heavy (non-hydrogen) atoms. The third kappa shape index (κ3) is 4.11. The Bertz CT molecular complexity index is 508. The summed E-state index contributed by atoms with van der Waals surface area (Å²) in [5.41, 5.74) is 5.82. The van der Waals surface area contributed by atoms with Gasteiger partial charge in [0.2, 0.25) is 5.76 Å². The van der Waals surface area contributed by atoms with Gasteiger partial charge >= 0.3 is 0 Å². The minimum atomic E-state index is -0.280. The van der Waals surface area contributed by atoms with Gasteiger partial charge in [-0.3, -0.25) is 4.79 Å². The maximum Gasteiger partial charge on any atom is 0.273 e. The van der Waals surface area contributed by atoms with Crippen LogP contribution in [0, 0.1) is 0 Å². The highest BCUT2D eigenvalue weighted by Gasteiger charge is 2.14. The van der Waals surface area contributed by atoms with Gasteiger partial charge in [-0.2, -0.15) is 0 Å². The number of halogens is 1. The van der Waals surface area contributed by atoms with Crippen LogP contribution in [-0.4, -0.2) is 23.7 Å². The summed E-state index contributed by atoms with van der Waals surface area (Å²) < 4.78 is 10.2. The Hall–Kier alpha value is -1.79. The van der Waals surface area contributed by atoms with Crippen LogP contribution in [0.4, 0.5) is 0 Å². The van der Waals surface area contributed by atoms with E-state index in [1.165, 1.54) is 6.26 Å². The lowest BCUT2D eigenvalue weighted by Crippen LogP contribution is -2.29. The lowest BCUT2D eigenvalue weighted by molar-refractivity contribution is 0.0944. The summed E-state index contributed by atoms with van der Waals surface area (Å²) in [5, 5.41) is 6.41. The van der Waals surface area contributed by atoms with E-state index in [4.69, 9.17) is 14.7 Å². The molecule has 2 heterocycles. The lowest BCUT2D eigenvalue weighted by Gasteiger charge is -2.04. The minimum Gasteiger partial charge on any atom is -0.461 e. The molecule has 0 radical (unpaired) electrons. The van der Waals surface area contributed by atoms with Gasteiger partial charge in [0.1, 0.15) is 0 Å². The van der Waals surface area contributed by atoms with Gasteiger partial charge in [-0.25, -0.2) is 0 Å². The van der Waals surface area contributed by atoms with Crippen molar-refractivity contribution in [3.63, 3.8) is 0 Å². The highest BCUT2D eigenvalue weighted by Crippen LogP contribution is 2.20. The van der Waals surface area contributed by atoms with E-state index in [0.717, 1.165) is 0 Å². The second-order valence-corrected chi connectivity index (χ2v) is 4.08. The van der Waals surface area contributed by atoms with E-state index in [0.29, 0.717) is 24.5 Å². The summed E-state index contributed by atoms with van der Waals surface area (Å²) >= 11 is 0. The standard InChI is InChI=1S/C12H15N3O3.ClH/c1-8(13)4-5-14-12(16)9-7-11(18-15-9)10-3-2-6-17-10;/h2-3,6-8H,4-5,13H2,1H3,(H,14,16);1H. The number of furan rings is 1. The Morgan fingerprint density at radius 2 is 2.32 bits per heavy atom. The van der Waals surface area contributed by atoms with Crippen LogP contribution in [0.15, 0.2) is 33.4 Å². The number of hydrogen-bond donors (Lipinski definition) is 2. The molecular weight excluding hydrogens is 270 g/mol. The van der Waals surface area contributed by atoms with Crippen molar-refractivity contribution in [3.8, 4) is 11.5 Å². The van der Waals surface area contributed by atoms with Crippen molar-refractivity contribution in [1.29, 1.82) is 0 Å². The van der Waals surface area contributed by atoms with Crippen molar-refractivity contribution < 1.29 is 13.7 Å². The maximum absolute atomic E-state index is 11.7. The van der Waals surface area contributed by atoms with Gasteiger partial charge in [-0.1, -0.05) is 5.16 Å². The number of hydrogen-bond acceptors (Lipinski definition) is 5. The van der Waals surface area contributed by atoms with Crippen LogP contribution in [0.5, 0.6) is 0 Å². The molecule has 2 aromatic heterocycles. The number of amides is 1. The highest BCUT2D eigenvalue weighted by molar-refractivity contribution is 5.92. The van der Waals surface area contributed by atoms with Gasteiger partial charge in [0, 0.05) is 18.7 Å². The predicted octanol–water partition coefficient (Wildman–Crippen LogP) is 1.82. The molecule has 2 aromatic rings. The molecule has 0 spiro atoms. The Kier molecular flexibility index (Phi) is 5.59. The first-order valence-corrected chi connectivity index (χ1v) is 5.71. The molecule has 0 aromatic carbocycles. The smallest absolute Gasteiger partial charge is 0.273 e. The summed E-state index contributed by atoms with van der Waals surface area (Å²) in [6.45, 7) is 2.40. The van der Waals surface area contributed by atoms with Crippen molar-refractivity contribution in [2.75, 3.05) is 6.54 Å². The average molecular weight is 286 g/mol. The lowest BCUT2D eigenvalue weighted by atomic mass is 10.2. The van der Waals surface area contributed by atoms with E-state index < -0.39 is 0 Å². The number of carbonyl (C=O) groups is 1. The van der Waals surface area contributed by atoms with E-state index in [-0.39, 0.29) is 30.0 Å². The van der Waals surface area contributed by atoms with Crippen LogP contribution in [0.1, 0.15) is 23.8 Å².